The van der Waals surface area contributed by atoms with Crippen LogP contribution < -0.4 is 16.8 Å². The fourth-order valence-electron chi connectivity index (χ4n) is 1.37. The van der Waals surface area contributed by atoms with Crippen LogP contribution in [0.1, 0.15) is 13.3 Å². The van der Waals surface area contributed by atoms with Crippen LogP contribution >= 0.6 is 11.5 Å². The molecule has 1 heterocycles. The van der Waals surface area contributed by atoms with Gasteiger partial charge >= 0.3 is 0 Å². The molecule has 6 N–H and O–H groups in total. The number of aliphatic hydroxyl groups is 1. The molecule has 0 saturated heterocycles. The molecular weight excluding hydrogens is 292 g/mol. The zero-order valence-electron chi connectivity index (χ0n) is 10.3. The smallest absolute Gasteiger partial charge is 0.248 e. The molecule has 0 fully saturated rings. The molecule has 1 amide bonds. The van der Waals surface area contributed by atoms with Crippen LogP contribution in [0, 0.1) is 0 Å². The predicted octanol–water partition coefficient (Wildman–Crippen LogP) is -0.833. The molecule has 8 nitrogen and oxygen atoms in total. The van der Waals surface area contributed by atoms with Gasteiger partial charge in [0.2, 0.25) is 5.91 Å². The van der Waals surface area contributed by atoms with E-state index in [2.05, 4.69) is 9.69 Å². The maximum atomic E-state index is 12.0. The Morgan fingerprint density at radius 1 is 1.58 bits per heavy atom. The van der Waals surface area contributed by atoms with E-state index in [4.69, 9.17) is 11.5 Å². The fraction of sp³-hybridized carbons (Fsp3) is 0.556. The van der Waals surface area contributed by atoms with Crippen LogP contribution in [0.3, 0.4) is 0 Å². The van der Waals surface area contributed by atoms with Gasteiger partial charge in [0.05, 0.1) is 12.3 Å². The van der Waals surface area contributed by atoms with Gasteiger partial charge in [-0.3, -0.25) is 4.79 Å². The fourth-order valence-corrected chi connectivity index (χ4v) is 4.00. The van der Waals surface area contributed by atoms with Gasteiger partial charge in [-0.1, -0.05) is 6.92 Å². The molecule has 1 aromatic rings. The summed E-state index contributed by atoms with van der Waals surface area (Å²) in [6.07, 6.45) is -0.967. The molecule has 0 spiro atoms. The van der Waals surface area contributed by atoms with Crippen molar-refractivity contribution in [1.82, 2.24) is 4.37 Å². The molecule has 0 aliphatic heterocycles. The first-order valence-electron chi connectivity index (χ1n) is 5.48. The number of nitrogens with two attached hydrogens (primary N) is 2. The van der Waals surface area contributed by atoms with Crippen molar-refractivity contribution in [3.8, 4) is 0 Å². The number of nitrogen functional groups attached to an aromatic ring is 1. The molecule has 0 aliphatic rings. The van der Waals surface area contributed by atoms with Crippen LogP contribution in [0.5, 0.6) is 0 Å². The number of carbonyl (C=O) groups excluding carboxylic acids is 1. The minimum absolute atomic E-state index is 0.0529. The Hall–Kier alpha value is -1.39. The maximum Gasteiger partial charge on any atom is 0.248 e. The number of hydrogen-bond acceptors (Lipinski definition) is 8. The average Bonchev–Trinajstić information content (AvgIpc) is 2.67. The van der Waals surface area contributed by atoms with E-state index in [1.807, 2.05) is 0 Å². The highest BCUT2D eigenvalue weighted by atomic mass is 32.2. The van der Waals surface area contributed by atoms with Gasteiger partial charge < -0.3 is 21.9 Å². The SMILES string of the molecule is CCCS(=O)(=O)c1c(N)nsc1NCC(O)C(N)=O. The number of rotatable bonds is 7. The Kier molecular flexibility index (Phi) is 5.09. The van der Waals surface area contributed by atoms with Gasteiger partial charge in [0, 0.05) is 0 Å². The number of carbonyl (C=O) groups is 1. The van der Waals surface area contributed by atoms with Crippen molar-refractivity contribution in [2.45, 2.75) is 24.3 Å². The van der Waals surface area contributed by atoms with Crippen molar-refractivity contribution < 1.29 is 18.3 Å². The molecule has 0 aromatic carbocycles. The molecule has 0 aliphatic carbocycles. The minimum atomic E-state index is -3.53. The van der Waals surface area contributed by atoms with E-state index in [-0.39, 0.29) is 28.0 Å². The van der Waals surface area contributed by atoms with Crippen LogP contribution in [-0.2, 0) is 14.6 Å². The van der Waals surface area contributed by atoms with Crippen molar-refractivity contribution >= 4 is 38.1 Å². The van der Waals surface area contributed by atoms with Crippen molar-refractivity contribution in [3.63, 3.8) is 0 Å². The first-order chi connectivity index (χ1) is 8.79. The Bertz CT molecular complexity index is 555. The second-order valence-corrected chi connectivity index (χ2v) is 6.66. The highest BCUT2D eigenvalue weighted by Crippen LogP contribution is 2.32. The summed E-state index contributed by atoms with van der Waals surface area (Å²) in [5, 5.41) is 12.1. The van der Waals surface area contributed by atoms with Crippen molar-refractivity contribution in [3.05, 3.63) is 0 Å². The van der Waals surface area contributed by atoms with Crippen molar-refractivity contribution in [2.24, 2.45) is 5.73 Å². The van der Waals surface area contributed by atoms with Crippen LogP contribution in [-0.4, -0.2) is 42.2 Å². The van der Waals surface area contributed by atoms with Crippen LogP contribution in [0.25, 0.3) is 0 Å². The van der Waals surface area contributed by atoms with E-state index in [0.29, 0.717) is 6.42 Å². The largest absolute Gasteiger partial charge is 0.382 e. The van der Waals surface area contributed by atoms with Gasteiger partial charge in [-0.2, -0.15) is 4.37 Å². The van der Waals surface area contributed by atoms with E-state index in [1.165, 1.54) is 0 Å². The molecule has 108 valence electrons. The lowest BCUT2D eigenvalue weighted by atomic mass is 10.3. The second kappa shape index (κ2) is 6.17. The molecule has 1 atom stereocenters. The normalized spacial score (nSPS) is 13.2. The summed E-state index contributed by atoms with van der Waals surface area (Å²) in [4.78, 5) is 10.6. The summed E-state index contributed by atoms with van der Waals surface area (Å²) >= 11 is 0.854. The molecule has 1 unspecified atom stereocenters. The van der Waals surface area contributed by atoms with Gasteiger partial charge in [-0.25, -0.2) is 8.42 Å². The highest BCUT2D eigenvalue weighted by molar-refractivity contribution is 7.91. The lowest BCUT2D eigenvalue weighted by Crippen LogP contribution is -2.34. The van der Waals surface area contributed by atoms with Crippen molar-refractivity contribution in [1.29, 1.82) is 0 Å². The summed E-state index contributed by atoms with van der Waals surface area (Å²) in [6.45, 7) is 1.53. The molecule has 1 aromatic heterocycles. The third-order valence-corrected chi connectivity index (χ3v) is 5.17. The van der Waals surface area contributed by atoms with Gasteiger partial charge in [0.15, 0.2) is 15.7 Å². The second-order valence-electron chi connectivity index (χ2n) is 3.84. The summed E-state index contributed by atoms with van der Waals surface area (Å²) in [7, 11) is -3.53. The van der Waals surface area contributed by atoms with Crippen LogP contribution in [0.4, 0.5) is 10.8 Å². The zero-order valence-corrected chi connectivity index (χ0v) is 11.9. The number of aromatic nitrogens is 1. The number of nitrogens with one attached hydrogen (secondary N) is 1. The van der Waals surface area contributed by atoms with Crippen molar-refractivity contribution in [2.75, 3.05) is 23.3 Å². The molecule has 19 heavy (non-hydrogen) atoms. The van der Waals surface area contributed by atoms with Crippen LogP contribution in [0.15, 0.2) is 4.90 Å². The summed E-state index contributed by atoms with van der Waals surface area (Å²) in [5.41, 5.74) is 10.4. The molecule has 0 saturated carbocycles. The first-order valence-corrected chi connectivity index (χ1v) is 7.91. The number of anilines is 2. The van der Waals surface area contributed by atoms with Crippen LogP contribution in [0.2, 0.25) is 0 Å². The Labute approximate surface area is 114 Å². The molecule has 1 rings (SSSR count). The third kappa shape index (κ3) is 3.78. The van der Waals surface area contributed by atoms with Gasteiger partial charge in [0.25, 0.3) is 0 Å². The average molecular weight is 308 g/mol. The quantitative estimate of drug-likeness (QED) is 0.513. The maximum absolute atomic E-state index is 12.0. The number of nitrogens with zero attached hydrogens (tertiary/aromatic N) is 1. The van der Waals surface area contributed by atoms with E-state index in [0.717, 1.165) is 11.5 Å². The van der Waals surface area contributed by atoms with E-state index >= 15 is 0 Å². The van der Waals surface area contributed by atoms with Gasteiger partial charge in [0.1, 0.15) is 16.0 Å². The molecule has 10 heteroatoms. The number of hydrogen-bond donors (Lipinski definition) is 4. The molecule has 0 radical (unpaired) electrons. The zero-order chi connectivity index (χ0) is 14.6. The summed E-state index contributed by atoms with van der Waals surface area (Å²) in [6, 6.07) is 0. The lowest BCUT2D eigenvalue weighted by Gasteiger charge is -2.10. The topological polar surface area (TPSA) is 148 Å². The summed E-state index contributed by atoms with van der Waals surface area (Å²) < 4.78 is 27.8. The number of sulfone groups is 1. The standard InChI is InChI=1S/C9H16N4O4S2/c1-2-3-19(16,17)6-7(10)13-18-9(6)12-4-5(14)8(11)15/h5,12,14H,2-4H2,1H3,(H2,10,13)(H2,11,15). The van der Waals surface area contributed by atoms with E-state index in [9.17, 15) is 18.3 Å². The minimum Gasteiger partial charge on any atom is -0.382 e. The Morgan fingerprint density at radius 3 is 2.74 bits per heavy atom. The predicted molar refractivity (Wildman–Crippen MR) is 72.6 cm³/mol. The number of aliphatic hydroxyl groups excluding tert-OH is 1. The highest BCUT2D eigenvalue weighted by Gasteiger charge is 2.25. The Morgan fingerprint density at radius 2 is 2.21 bits per heavy atom. The number of primary amides is 1. The monoisotopic (exact) mass is 308 g/mol. The first kappa shape index (κ1) is 15.7. The van der Waals surface area contributed by atoms with Gasteiger partial charge in [-0.15, -0.1) is 0 Å². The lowest BCUT2D eigenvalue weighted by molar-refractivity contribution is -0.125. The number of amides is 1. The Balaban J connectivity index is 2.96. The molecule has 0 bridgehead atoms. The van der Waals surface area contributed by atoms with Gasteiger partial charge in [-0.05, 0) is 18.0 Å². The van der Waals surface area contributed by atoms with E-state index in [1.54, 1.807) is 6.92 Å². The molecular formula is C9H16N4O4S2. The van der Waals surface area contributed by atoms with E-state index < -0.39 is 21.8 Å². The summed E-state index contributed by atoms with van der Waals surface area (Å²) in [5.74, 6) is -1.04. The third-order valence-electron chi connectivity index (χ3n) is 2.24.